The highest BCUT2D eigenvalue weighted by Crippen LogP contribution is 2.52. The number of hydrogen-bond acceptors (Lipinski definition) is 4. The molecule has 3 rings (SSSR count). The lowest BCUT2D eigenvalue weighted by Crippen LogP contribution is -2.41. The molecule has 0 radical (unpaired) electrons. The third-order valence-corrected chi connectivity index (χ3v) is 6.95. The van der Waals surface area contributed by atoms with Crippen molar-refractivity contribution in [3.05, 3.63) is 30.1 Å². The van der Waals surface area contributed by atoms with E-state index in [2.05, 4.69) is 26.1 Å². The number of benzene rings is 1. The van der Waals surface area contributed by atoms with Gasteiger partial charge in [0.2, 0.25) is 11.8 Å². The second-order valence-corrected chi connectivity index (χ2v) is 11.4. The van der Waals surface area contributed by atoms with Crippen LogP contribution in [0.5, 0.6) is 0 Å². The van der Waals surface area contributed by atoms with Gasteiger partial charge in [0.15, 0.2) is 9.84 Å². The summed E-state index contributed by atoms with van der Waals surface area (Å²) in [7, 11) is -3.90. The minimum atomic E-state index is -3.90. The van der Waals surface area contributed by atoms with Crippen LogP contribution in [0.1, 0.15) is 40.0 Å². The lowest BCUT2D eigenvalue weighted by Gasteiger charge is -2.39. The molecule has 1 aliphatic heterocycles. The van der Waals surface area contributed by atoms with Crippen LogP contribution in [0.15, 0.2) is 24.3 Å². The summed E-state index contributed by atoms with van der Waals surface area (Å²) in [6.45, 7) is 7.08. The number of rotatable bonds is 5. The monoisotopic (exact) mass is 410 g/mol. The van der Waals surface area contributed by atoms with Gasteiger partial charge < -0.3 is 10.2 Å². The van der Waals surface area contributed by atoms with Crippen LogP contribution < -0.4 is 5.32 Å². The fraction of sp³-hybridized carbons (Fsp3) is 0.600. The summed E-state index contributed by atoms with van der Waals surface area (Å²) in [4.78, 5) is 26.4. The van der Waals surface area contributed by atoms with Gasteiger partial charge in [0, 0.05) is 18.3 Å². The van der Waals surface area contributed by atoms with E-state index in [1.54, 1.807) is 4.90 Å². The molecular weight excluding hydrogens is 383 g/mol. The number of nitrogens with zero attached hydrogens (tertiary/aromatic N) is 1. The van der Waals surface area contributed by atoms with Crippen LogP contribution in [0.2, 0.25) is 0 Å². The highest BCUT2D eigenvalue weighted by atomic mass is 32.2. The summed E-state index contributed by atoms with van der Waals surface area (Å²) in [6, 6.07) is 5.09. The fourth-order valence-electron chi connectivity index (χ4n) is 5.00. The maximum Gasteiger partial charge on any atom is 0.239 e. The molecule has 1 aromatic carbocycles. The van der Waals surface area contributed by atoms with E-state index in [0.717, 1.165) is 19.3 Å². The fourth-order valence-corrected chi connectivity index (χ4v) is 6.12. The molecule has 1 N–H and O–H groups in total. The molecule has 1 heterocycles. The highest BCUT2D eigenvalue weighted by Gasteiger charge is 2.51. The first-order valence-corrected chi connectivity index (χ1v) is 11.2. The van der Waals surface area contributed by atoms with Crippen molar-refractivity contribution in [3.8, 4) is 0 Å². The van der Waals surface area contributed by atoms with E-state index in [0.29, 0.717) is 12.2 Å². The Hall–Kier alpha value is -1.96. The van der Waals surface area contributed by atoms with Gasteiger partial charge in [-0.25, -0.2) is 12.8 Å². The Morgan fingerprint density at radius 1 is 1.14 bits per heavy atom. The average molecular weight is 411 g/mol. The Morgan fingerprint density at radius 3 is 2.43 bits per heavy atom. The zero-order valence-electron chi connectivity index (χ0n) is 16.5. The second kappa shape index (κ2) is 7.13. The maximum absolute atomic E-state index is 12.9. The molecular formula is C20H27FN2O4S. The largest absolute Gasteiger partial charge is 0.338 e. The third kappa shape index (κ3) is 4.90. The first-order chi connectivity index (χ1) is 12.9. The summed E-state index contributed by atoms with van der Waals surface area (Å²) >= 11 is 0. The molecule has 28 heavy (non-hydrogen) atoms. The smallest absolute Gasteiger partial charge is 0.239 e. The number of halogens is 1. The van der Waals surface area contributed by atoms with Crippen LogP contribution in [-0.4, -0.2) is 49.2 Å². The third-order valence-electron chi connectivity index (χ3n) is 5.56. The first kappa shape index (κ1) is 20.8. The topological polar surface area (TPSA) is 83.6 Å². The summed E-state index contributed by atoms with van der Waals surface area (Å²) in [6.07, 6.45) is 2.76. The van der Waals surface area contributed by atoms with Crippen LogP contribution >= 0.6 is 0 Å². The van der Waals surface area contributed by atoms with Gasteiger partial charge in [-0.15, -0.1) is 0 Å². The minimum absolute atomic E-state index is 0.0196. The number of nitrogens with one attached hydrogen (secondary N) is 1. The van der Waals surface area contributed by atoms with E-state index < -0.39 is 39.0 Å². The molecule has 2 unspecified atom stereocenters. The molecule has 1 saturated carbocycles. The molecule has 8 heteroatoms. The predicted molar refractivity (Wildman–Crippen MR) is 105 cm³/mol. The Morgan fingerprint density at radius 2 is 1.79 bits per heavy atom. The Balaban J connectivity index is 1.60. The van der Waals surface area contributed by atoms with Crippen molar-refractivity contribution in [1.29, 1.82) is 0 Å². The zero-order valence-corrected chi connectivity index (χ0v) is 17.3. The van der Waals surface area contributed by atoms with E-state index in [4.69, 9.17) is 0 Å². The molecule has 1 aliphatic carbocycles. The van der Waals surface area contributed by atoms with Crippen molar-refractivity contribution in [3.63, 3.8) is 0 Å². The molecule has 2 fully saturated rings. The molecule has 6 nitrogen and oxygen atoms in total. The number of amides is 2. The Bertz CT molecular complexity index is 882. The molecule has 2 amide bonds. The predicted octanol–water partition coefficient (Wildman–Crippen LogP) is 2.61. The quantitative estimate of drug-likeness (QED) is 0.809. The highest BCUT2D eigenvalue weighted by molar-refractivity contribution is 7.92. The molecule has 0 spiro atoms. The number of hydrogen-bond donors (Lipinski definition) is 1. The van der Waals surface area contributed by atoms with Crippen molar-refractivity contribution in [2.24, 2.45) is 10.8 Å². The number of sulfone groups is 1. The van der Waals surface area contributed by atoms with Crippen molar-refractivity contribution >= 4 is 27.3 Å². The van der Waals surface area contributed by atoms with Gasteiger partial charge in [0.05, 0.1) is 0 Å². The average Bonchev–Trinajstić information content (AvgIpc) is 2.77. The molecule has 2 bridgehead atoms. The van der Waals surface area contributed by atoms with Crippen molar-refractivity contribution in [1.82, 2.24) is 4.90 Å². The van der Waals surface area contributed by atoms with Gasteiger partial charge in [0.25, 0.3) is 0 Å². The zero-order chi connectivity index (χ0) is 20.7. The van der Waals surface area contributed by atoms with Gasteiger partial charge in [0.1, 0.15) is 17.3 Å². The van der Waals surface area contributed by atoms with Gasteiger partial charge >= 0.3 is 0 Å². The molecule has 154 valence electrons. The summed E-state index contributed by atoms with van der Waals surface area (Å²) in [5.74, 6) is -3.08. The lowest BCUT2D eigenvalue weighted by molar-refractivity contribution is -0.129. The van der Waals surface area contributed by atoms with Crippen LogP contribution in [-0.2, 0) is 19.4 Å². The molecule has 0 aromatic heterocycles. The normalized spacial score (nSPS) is 26.1. The van der Waals surface area contributed by atoms with E-state index in [1.165, 1.54) is 24.3 Å². The van der Waals surface area contributed by atoms with Crippen LogP contribution in [0, 0.1) is 16.6 Å². The van der Waals surface area contributed by atoms with E-state index >= 15 is 0 Å². The molecule has 2 aliphatic rings. The minimum Gasteiger partial charge on any atom is -0.338 e. The van der Waals surface area contributed by atoms with Crippen LogP contribution in [0.3, 0.4) is 0 Å². The number of carbonyl (C=O) groups excluding carboxylic acids is 2. The van der Waals surface area contributed by atoms with Gasteiger partial charge in [-0.2, -0.15) is 0 Å². The van der Waals surface area contributed by atoms with Crippen LogP contribution in [0.25, 0.3) is 0 Å². The lowest BCUT2D eigenvalue weighted by atomic mass is 9.65. The van der Waals surface area contributed by atoms with E-state index in [1.807, 2.05) is 0 Å². The van der Waals surface area contributed by atoms with Crippen molar-refractivity contribution in [2.45, 2.75) is 46.1 Å². The first-order valence-electron chi connectivity index (χ1n) is 9.42. The Kier molecular flexibility index (Phi) is 5.29. The van der Waals surface area contributed by atoms with Gasteiger partial charge in [-0.1, -0.05) is 20.8 Å². The number of carbonyl (C=O) groups is 2. The van der Waals surface area contributed by atoms with E-state index in [-0.39, 0.29) is 16.9 Å². The van der Waals surface area contributed by atoms with Crippen molar-refractivity contribution < 1.29 is 22.4 Å². The standard InChI is InChI=1S/C20H27FN2O4S/c1-19(2)8-16-9-20(3,12-19)13-23(16)18(25)11-28(26,27)10-17(24)22-15-6-4-14(21)5-7-15/h4-7,16H,8-13H2,1-3H3,(H,22,24). The van der Waals surface area contributed by atoms with E-state index in [9.17, 15) is 22.4 Å². The number of likely N-dealkylation sites (tertiary alicyclic amines) is 1. The molecule has 1 aromatic rings. The summed E-state index contributed by atoms with van der Waals surface area (Å²) < 4.78 is 37.7. The van der Waals surface area contributed by atoms with Gasteiger partial charge in [-0.3, -0.25) is 9.59 Å². The Labute approximate surface area is 165 Å². The summed E-state index contributed by atoms with van der Waals surface area (Å²) in [5, 5.41) is 2.41. The van der Waals surface area contributed by atoms with Gasteiger partial charge in [-0.05, 0) is 54.4 Å². The second-order valence-electron chi connectivity index (χ2n) is 9.32. The number of fused-ring (bicyclic) bond motifs is 2. The SMILES string of the molecule is CC1(C)CC2CC(C)(CN2C(=O)CS(=O)(=O)CC(=O)Nc2ccc(F)cc2)C1. The maximum atomic E-state index is 12.9. The van der Waals surface area contributed by atoms with Crippen molar-refractivity contribution in [2.75, 3.05) is 23.4 Å². The number of anilines is 1. The van der Waals surface area contributed by atoms with Crippen LogP contribution in [0.4, 0.5) is 10.1 Å². The molecule has 1 saturated heterocycles. The molecule has 2 atom stereocenters. The summed E-state index contributed by atoms with van der Waals surface area (Å²) in [5.41, 5.74) is 0.447.